The Morgan fingerprint density at radius 3 is 1.43 bits per heavy atom. The van der Waals surface area contributed by atoms with E-state index in [0.717, 1.165) is 37.7 Å². The molecule has 0 spiro atoms. The summed E-state index contributed by atoms with van der Waals surface area (Å²) >= 11 is 0. The van der Waals surface area contributed by atoms with Crippen molar-refractivity contribution < 1.29 is 68.3 Å². The summed E-state index contributed by atoms with van der Waals surface area (Å²) < 4.78 is 29.6. The minimum Gasteiger partial charge on any atom is -0.497 e. The van der Waals surface area contributed by atoms with Crippen molar-refractivity contribution >= 4 is 17.9 Å². The molecule has 0 aromatic rings. The fourth-order valence-electron chi connectivity index (χ4n) is 8.11. The van der Waals surface area contributed by atoms with Gasteiger partial charge < -0.3 is 54.0 Å². The Kier molecular flexibility index (Phi) is 18.4. The summed E-state index contributed by atoms with van der Waals surface area (Å²) in [6, 6.07) is 0. The van der Waals surface area contributed by atoms with Crippen molar-refractivity contribution in [2.75, 3.05) is 41.2 Å². The molecule has 0 bridgehead atoms. The number of hydrogen-bond donors (Lipinski definition) is 5. The molecule has 3 heterocycles. The van der Waals surface area contributed by atoms with Gasteiger partial charge in [-0.15, -0.1) is 0 Å². The fraction of sp³-hybridized carbons (Fsp3) is 0.703. The van der Waals surface area contributed by atoms with Crippen LogP contribution >= 0.6 is 0 Å². The van der Waals surface area contributed by atoms with Crippen LogP contribution in [0.4, 0.5) is 0 Å². The summed E-state index contributed by atoms with van der Waals surface area (Å²) in [4.78, 5) is 34.5. The second kappa shape index (κ2) is 20.6. The fourth-order valence-corrected chi connectivity index (χ4v) is 8.11. The molecule has 14 nitrogen and oxygen atoms in total. The van der Waals surface area contributed by atoms with E-state index in [1.54, 1.807) is 0 Å². The topological polar surface area (TPSA) is 208 Å². The Hall–Kier alpha value is -3.43. The molecular weight excluding hydrogens is 668 g/mol. The van der Waals surface area contributed by atoms with Crippen molar-refractivity contribution in [3.05, 3.63) is 47.2 Å². The van der Waals surface area contributed by atoms with Gasteiger partial charge in [-0.1, -0.05) is 28.4 Å². The largest absolute Gasteiger partial charge is 0.497 e. The van der Waals surface area contributed by atoms with Crippen LogP contribution in [0.1, 0.15) is 61.3 Å². The first-order chi connectivity index (χ1) is 23.1. The van der Waals surface area contributed by atoms with Gasteiger partial charge in [0.1, 0.15) is 6.10 Å². The molecule has 14 heteroatoms. The molecule has 0 radical (unpaired) electrons. The van der Waals surface area contributed by atoms with Gasteiger partial charge in [0.2, 0.25) is 0 Å². The van der Waals surface area contributed by atoms with E-state index >= 15 is 0 Å². The molecule has 2 saturated carbocycles. The van der Waals surface area contributed by atoms with E-state index < -0.39 is 24.5 Å². The van der Waals surface area contributed by atoms with Gasteiger partial charge in [-0.2, -0.15) is 0 Å². The number of fused-ring (bicyclic) bond motifs is 3. The van der Waals surface area contributed by atoms with Crippen LogP contribution in [0.2, 0.25) is 0 Å². The average Bonchev–Trinajstić information content (AvgIpc) is 3.86. The summed E-state index contributed by atoms with van der Waals surface area (Å²) in [5, 5.41) is 47.1. The number of carbonyl (C=O) groups is 3. The van der Waals surface area contributed by atoms with E-state index in [1.165, 1.54) is 40.1 Å². The molecular formula is C37H60O14. The third-order valence-corrected chi connectivity index (χ3v) is 10.6. The maximum Gasteiger partial charge on any atom is 0.337 e. The number of rotatable bonds is 6. The van der Waals surface area contributed by atoms with Crippen LogP contribution < -0.4 is 0 Å². The van der Waals surface area contributed by atoms with Gasteiger partial charge in [0.25, 0.3) is 0 Å². The Morgan fingerprint density at radius 2 is 1.06 bits per heavy atom. The minimum absolute atomic E-state index is 0. The monoisotopic (exact) mass is 728 g/mol. The molecule has 6 rings (SSSR count). The van der Waals surface area contributed by atoms with E-state index in [-0.39, 0.29) is 102 Å². The molecule has 3 aliphatic carbocycles. The van der Waals surface area contributed by atoms with E-state index in [4.69, 9.17) is 18.9 Å². The summed E-state index contributed by atoms with van der Waals surface area (Å²) in [6.45, 7) is 2.01. The summed E-state index contributed by atoms with van der Waals surface area (Å²) in [5.74, 6) is -1.52. The lowest BCUT2D eigenvalue weighted by atomic mass is 9.81. The SMILES string of the molecule is C.C.C.COC(=O)C1=CO[C@@H](C)[C@@H]2C(CO)=CC[C@H]12.COC(=O)C1=CO[C@@H](O)[C@@H]2[C@@H](CO)CC[C@H]12.COC(=O)C1=CO[C@@H](O)[C@@H]2[C@H](CO)CC[C@H]12. The van der Waals surface area contributed by atoms with Gasteiger partial charge in [-0.05, 0) is 56.4 Å². The van der Waals surface area contributed by atoms with Crippen molar-refractivity contribution in [3.63, 3.8) is 0 Å². The van der Waals surface area contributed by atoms with Gasteiger partial charge in [0.15, 0.2) is 12.6 Å². The van der Waals surface area contributed by atoms with E-state index in [2.05, 4.69) is 9.47 Å². The van der Waals surface area contributed by atoms with Crippen LogP contribution in [0.25, 0.3) is 0 Å². The number of allylic oxidation sites excluding steroid dienone is 1. The molecule has 11 atom stereocenters. The predicted octanol–water partition coefficient (Wildman–Crippen LogP) is 2.98. The molecule has 6 aliphatic rings. The molecule has 0 aromatic carbocycles. The molecule has 292 valence electrons. The molecule has 5 N–H and O–H groups in total. The summed E-state index contributed by atoms with van der Waals surface area (Å²) in [7, 11) is 4.01. The molecule has 3 aliphatic heterocycles. The third kappa shape index (κ3) is 9.52. The predicted molar refractivity (Wildman–Crippen MR) is 186 cm³/mol. The summed E-state index contributed by atoms with van der Waals surface area (Å²) in [6.07, 6.45) is 8.12. The Morgan fingerprint density at radius 1 is 0.667 bits per heavy atom. The highest BCUT2D eigenvalue weighted by Crippen LogP contribution is 2.47. The zero-order valence-electron chi connectivity index (χ0n) is 27.7. The maximum atomic E-state index is 11.6. The number of esters is 3. The lowest BCUT2D eigenvalue weighted by Gasteiger charge is -2.32. The quantitative estimate of drug-likeness (QED) is 0.151. The zero-order chi connectivity index (χ0) is 35.1. The first-order valence-electron chi connectivity index (χ1n) is 16.3. The van der Waals surface area contributed by atoms with Gasteiger partial charge in [0, 0.05) is 48.7 Å². The Bertz CT molecular complexity index is 1190. The summed E-state index contributed by atoms with van der Waals surface area (Å²) in [5.41, 5.74) is 2.47. The number of aliphatic hydroxyl groups excluding tert-OH is 5. The van der Waals surface area contributed by atoms with Crippen molar-refractivity contribution in [2.24, 2.45) is 47.3 Å². The van der Waals surface area contributed by atoms with Crippen LogP contribution in [0, 0.1) is 47.3 Å². The van der Waals surface area contributed by atoms with Crippen LogP contribution in [-0.2, 0) is 42.8 Å². The number of ether oxygens (including phenoxy) is 6. The number of carbonyl (C=O) groups excluding carboxylic acids is 3. The van der Waals surface area contributed by atoms with Crippen LogP contribution in [0.3, 0.4) is 0 Å². The van der Waals surface area contributed by atoms with Gasteiger partial charge in [0.05, 0.1) is 63.4 Å². The molecule has 0 unspecified atom stereocenters. The maximum absolute atomic E-state index is 11.6. The van der Waals surface area contributed by atoms with Crippen molar-refractivity contribution in [3.8, 4) is 0 Å². The zero-order valence-corrected chi connectivity index (χ0v) is 27.7. The first-order valence-corrected chi connectivity index (χ1v) is 16.3. The second-order valence-corrected chi connectivity index (χ2v) is 12.8. The standard InChI is InChI=1S/C12H16O4.2C11H16O5.3CH4/c1-7-11-8(5-13)3-4-9(11)10(6-16-7)12(14)15-2;2*1-15-10(13)8-5-16-11(14)9-6(4-12)2-3-7(8)9;;;/h3,6-7,9,11,13H,4-5H2,1-2H3;2*5-7,9,11-12,14H,2-4H2,1H3;3*1H4/t7-,9+,11+;6-,7+,9+,11+;6-,7-,9-,11-;;;/m001.../s1. The molecule has 51 heavy (non-hydrogen) atoms. The normalized spacial score (nSPS) is 33.5. The van der Waals surface area contributed by atoms with Crippen LogP contribution in [0.5, 0.6) is 0 Å². The Labute approximate surface area is 301 Å². The van der Waals surface area contributed by atoms with Crippen LogP contribution in [-0.4, -0.2) is 103 Å². The second-order valence-electron chi connectivity index (χ2n) is 12.8. The molecule has 2 fully saturated rings. The van der Waals surface area contributed by atoms with Gasteiger partial charge in [-0.3, -0.25) is 0 Å². The van der Waals surface area contributed by atoms with Gasteiger partial charge >= 0.3 is 17.9 Å². The van der Waals surface area contributed by atoms with E-state index in [1.807, 2.05) is 13.0 Å². The number of hydrogen-bond acceptors (Lipinski definition) is 14. The highest BCUT2D eigenvalue weighted by molar-refractivity contribution is 5.90. The Balaban J connectivity index is 0.000000372. The van der Waals surface area contributed by atoms with Gasteiger partial charge in [-0.25, -0.2) is 14.4 Å². The van der Waals surface area contributed by atoms with Crippen molar-refractivity contribution in [1.29, 1.82) is 0 Å². The molecule has 0 saturated heterocycles. The lowest BCUT2D eigenvalue weighted by Crippen LogP contribution is -2.37. The molecule has 0 aromatic heterocycles. The number of aliphatic hydroxyl groups is 5. The first kappa shape index (κ1) is 45.6. The lowest BCUT2D eigenvalue weighted by molar-refractivity contribution is -0.147. The van der Waals surface area contributed by atoms with Crippen molar-refractivity contribution in [1.82, 2.24) is 0 Å². The van der Waals surface area contributed by atoms with E-state index in [9.17, 15) is 39.9 Å². The highest BCUT2D eigenvalue weighted by atomic mass is 16.6. The minimum atomic E-state index is -0.932. The molecule has 0 amide bonds. The number of methoxy groups -OCH3 is 3. The third-order valence-electron chi connectivity index (χ3n) is 10.6. The van der Waals surface area contributed by atoms with Crippen molar-refractivity contribution in [2.45, 2.75) is 80.0 Å². The average molecular weight is 729 g/mol. The smallest absolute Gasteiger partial charge is 0.337 e. The van der Waals surface area contributed by atoms with Crippen LogP contribution in [0.15, 0.2) is 47.2 Å². The highest BCUT2D eigenvalue weighted by Gasteiger charge is 2.48. The van der Waals surface area contributed by atoms with E-state index in [0.29, 0.717) is 16.7 Å².